The number of nitrogens with one attached hydrogen (secondary N) is 1. The fraction of sp³-hybridized carbons (Fsp3) is 0.500. The second kappa shape index (κ2) is 5.60. The van der Waals surface area contributed by atoms with E-state index in [2.05, 4.69) is 26.2 Å². The highest BCUT2D eigenvalue weighted by atomic mass is 79.9. The van der Waals surface area contributed by atoms with Crippen LogP contribution in [0.3, 0.4) is 0 Å². The Morgan fingerprint density at radius 3 is 2.71 bits per heavy atom. The predicted octanol–water partition coefficient (Wildman–Crippen LogP) is 1.88. The van der Waals surface area contributed by atoms with E-state index in [0.29, 0.717) is 10.3 Å². The first-order valence-electron chi connectivity index (χ1n) is 5.76. The van der Waals surface area contributed by atoms with Gasteiger partial charge in [0.2, 0.25) is 0 Å². The van der Waals surface area contributed by atoms with Crippen LogP contribution in [0, 0.1) is 0 Å². The first-order valence-corrected chi connectivity index (χ1v) is 6.56. The highest BCUT2D eigenvalue weighted by molar-refractivity contribution is 9.10. The van der Waals surface area contributed by atoms with Gasteiger partial charge in [0.1, 0.15) is 10.3 Å². The van der Waals surface area contributed by atoms with Gasteiger partial charge in [-0.25, -0.2) is 4.98 Å². The molecule has 0 unspecified atom stereocenters. The Hall–Kier alpha value is -0.940. The summed E-state index contributed by atoms with van der Waals surface area (Å²) in [4.78, 5) is 16.0. The van der Waals surface area contributed by atoms with Crippen molar-refractivity contribution in [2.75, 3.05) is 0 Å². The van der Waals surface area contributed by atoms with Crippen LogP contribution in [0.25, 0.3) is 0 Å². The minimum absolute atomic E-state index is 0.146. The van der Waals surface area contributed by atoms with Crippen LogP contribution in [-0.2, 0) is 0 Å². The molecule has 1 aromatic rings. The summed E-state index contributed by atoms with van der Waals surface area (Å²) in [6.45, 7) is 0. The van der Waals surface area contributed by atoms with E-state index in [-0.39, 0.29) is 18.1 Å². The number of aromatic nitrogens is 1. The fourth-order valence-corrected chi connectivity index (χ4v) is 2.36. The van der Waals surface area contributed by atoms with Crippen molar-refractivity contribution < 1.29 is 9.90 Å². The molecule has 1 aliphatic carbocycles. The SMILES string of the molecule is O=C(NC1CCC(O)CC1)c1cccc(Br)n1. The van der Waals surface area contributed by atoms with E-state index in [1.54, 1.807) is 18.2 Å². The zero-order valence-electron chi connectivity index (χ0n) is 9.40. The van der Waals surface area contributed by atoms with Crippen LogP contribution in [0.2, 0.25) is 0 Å². The Labute approximate surface area is 109 Å². The highest BCUT2D eigenvalue weighted by Crippen LogP contribution is 2.18. The molecule has 0 spiro atoms. The van der Waals surface area contributed by atoms with Crippen molar-refractivity contribution in [3.63, 3.8) is 0 Å². The number of carbonyl (C=O) groups excluding carboxylic acids is 1. The molecule has 0 radical (unpaired) electrons. The zero-order chi connectivity index (χ0) is 12.3. The Bertz CT molecular complexity index is 403. The average Bonchev–Trinajstić information content (AvgIpc) is 2.32. The molecule has 1 saturated carbocycles. The molecule has 0 saturated heterocycles. The number of aliphatic hydroxyl groups is 1. The molecule has 4 nitrogen and oxygen atoms in total. The van der Waals surface area contributed by atoms with Gasteiger partial charge in [-0.1, -0.05) is 6.07 Å². The van der Waals surface area contributed by atoms with Gasteiger partial charge in [-0.05, 0) is 53.7 Å². The summed E-state index contributed by atoms with van der Waals surface area (Å²) in [7, 11) is 0. The first-order chi connectivity index (χ1) is 8.15. The summed E-state index contributed by atoms with van der Waals surface area (Å²) in [6.07, 6.45) is 2.99. The largest absolute Gasteiger partial charge is 0.393 e. The number of halogens is 1. The molecule has 0 bridgehead atoms. The van der Waals surface area contributed by atoms with Crippen LogP contribution in [0.5, 0.6) is 0 Å². The molecule has 5 heteroatoms. The number of nitrogens with zero attached hydrogens (tertiary/aromatic N) is 1. The lowest BCUT2D eigenvalue weighted by Gasteiger charge is -2.25. The molecule has 1 fully saturated rings. The minimum Gasteiger partial charge on any atom is -0.393 e. The third kappa shape index (κ3) is 3.51. The maximum atomic E-state index is 11.9. The number of hydrogen-bond acceptors (Lipinski definition) is 3. The van der Waals surface area contributed by atoms with E-state index in [0.717, 1.165) is 25.7 Å². The smallest absolute Gasteiger partial charge is 0.270 e. The number of aliphatic hydroxyl groups excluding tert-OH is 1. The normalized spacial score (nSPS) is 24.4. The molecule has 17 heavy (non-hydrogen) atoms. The topological polar surface area (TPSA) is 62.2 Å². The molecular weight excluding hydrogens is 284 g/mol. The fourth-order valence-electron chi connectivity index (χ4n) is 2.01. The summed E-state index contributed by atoms with van der Waals surface area (Å²) in [5.41, 5.74) is 0.422. The molecule has 0 aliphatic heterocycles. The lowest BCUT2D eigenvalue weighted by molar-refractivity contribution is 0.0863. The van der Waals surface area contributed by atoms with E-state index in [4.69, 9.17) is 0 Å². The number of rotatable bonds is 2. The third-order valence-electron chi connectivity index (χ3n) is 2.98. The monoisotopic (exact) mass is 298 g/mol. The Morgan fingerprint density at radius 2 is 2.06 bits per heavy atom. The van der Waals surface area contributed by atoms with Gasteiger partial charge in [0.25, 0.3) is 5.91 Å². The number of pyridine rings is 1. The van der Waals surface area contributed by atoms with Crippen LogP contribution in [-0.4, -0.2) is 28.1 Å². The van der Waals surface area contributed by atoms with Crippen LogP contribution in [0.15, 0.2) is 22.8 Å². The van der Waals surface area contributed by atoms with Gasteiger partial charge in [-0.15, -0.1) is 0 Å². The van der Waals surface area contributed by atoms with Crippen molar-refractivity contribution in [1.29, 1.82) is 0 Å². The molecule has 2 N–H and O–H groups in total. The average molecular weight is 299 g/mol. The van der Waals surface area contributed by atoms with E-state index in [1.165, 1.54) is 0 Å². The lowest BCUT2D eigenvalue weighted by atomic mass is 9.93. The molecule has 1 aliphatic rings. The number of hydrogen-bond donors (Lipinski definition) is 2. The van der Waals surface area contributed by atoms with Gasteiger partial charge in [0, 0.05) is 6.04 Å². The van der Waals surface area contributed by atoms with Crippen LogP contribution in [0.4, 0.5) is 0 Å². The molecule has 1 aromatic heterocycles. The van der Waals surface area contributed by atoms with Gasteiger partial charge in [-0.3, -0.25) is 4.79 Å². The van der Waals surface area contributed by atoms with Crippen LogP contribution in [0.1, 0.15) is 36.2 Å². The summed E-state index contributed by atoms with van der Waals surface area (Å²) in [5.74, 6) is -0.146. The Kier molecular flexibility index (Phi) is 4.12. The summed E-state index contributed by atoms with van der Waals surface area (Å²) >= 11 is 3.24. The van der Waals surface area contributed by atoms with E-state index in [1.807, 2.05) is 0 Å². The van der Waals surface area contributed by atoms with Gasteiger partial charge in [0.05, 0.1) is 6.10 Å². The number of carbonyl (C=O) groups is 1. The van der Waals surface area contributed by atoms with Gasteiger partial charge >= 0.3 is 0 Å². The minimum atomic E-state index is -0.202. The molecule has 2 rings (SSSR count). The maximum absolute atomic E-state index is 11.9. The zero-order valence-corrected chi connectivity index (χ0v) is 11.0. The number of amides is 1. The highest BCUT2D eigenvalue weighted by Gasteiger charge is 2.21. The van der Waals surface area contributed by atoms with Gasteiger partial charge < -0.3 is 10.4 Å². The van der Waals surface area contributed by atoms with Crippen molar-refractivity contribution in [3.8, 4) is 0 Å². The maximum Gasteiger partial charge on any atom is 0.270 e. The molecule has 92 valence electrons. The summed E-state index contributed by atoms with van der Waals surface area (Å²) in [6, 6.07) is 5.42. The standard InChI is InChI=1S/C12H15BrN2O2/c13-11-3-1-2-10(15-11)12(17)14-8-4-6-9(16)7-5-8/h1-3,8-9,16H,4-7H2,(H,14,17). The lowest BCUT2D eigenvalue weighted by Crippen LogP contribution is -2.38. The Morgan fingerprint density at radius 1 is 1.35 bits per heavy atom. The molecule has 1 heterocycles. The van der Waals surface area contributed by atoms with Gasteiger partial charge in [0.15, 0.2) is 0 Å². The predicted molar refractivity (Wildman–Crippen MR) is 67.7 cm³/mol. The third-order valence-corrected chi connectivity index (χ3v) is 3.42. The molecule has 0 aromatic carbocycles. The second-order valence-corrected chi connectivity index (χ2v) is 5.14. The first kappa shape index (κ1) is 12.5. The van der Waals surface area contributed by atoms with E-state index in [9.17, 15) is 9.90 Å². The van der Waals surface area contributed by atoms with Crippen molar-refractivity contribution >= 4 is 21.8 Å². The van der Waals surface area contributed by atoms with Crippen LogP contribution >= 0.6 is 15.9 Å². The van der Waals surface area contributed by atoms with Gasteiger partial charge in [-0.2, -0.15) is 0 Å². The second-order valence-electron chi connectivity index (χ2n) is 4.32. The quantitative estimate of drug-likeness (QED) is 0.820. The Balaban J connectivity index is 1.93. The van der Waals surface area contributed by atoms with Crippen molar-refractivity contribution in [1.82, 2.24) is 10.3 Å². The van der Waals surface area contributed by atoms with E-state index >= 15 is 0 Å². The van der Waals surface area contributed by atoms with Crippen molar-refractivity contribution in [2.45, 2.75) is 37.8 Å². The molecular formula is C12H15BrN2O2. The van der Waals surface area contributed by atoms with E-state index < -0.39 is 0 Å². The van der Waals surface area contributed by atoms with Crippen molar-refractivity contribution in [2.24, 2.45) is 0 Å². The van der Waals surface area contributed by atoms with Crippen LogP contribution < -0.4 is 5.32 Å². The van der Waals surface area contributed by atoms with Crippen molar-refractivity contribution in [3.05, 3.63) is 28.5 Å². The summed E-state index contributed by atoms with van der Waals surface area (Å²) < 4.78 is 0.657. The summed E-state index contributed by atoms with van der Waals surface area (Å²) in [5, 5.41) is 12.3. The molecule has 1 amide bonds. The molecule has 0 atom stereocenters.